The van der Waals surface area contributed by atoms with Crippen LogP contribution in [0.15, 0.2) is 53.4 Å². The fourth-order valence-electron chi connectivity index (χ4n) is 4.29. The largest absolute Gasteiger partial charge is 0.343 e. The van der Waals surface area contributed by atoms with E-state index in [0.29, 0.717) is 10.8 Å². The molecule has 5 rings (SSSR count). The number of rotatable bonds is 5. The number of para-hydroxylation sites is 1. The molecule has 6 nitrogen and oxygen atoms in total. The van der Waals surface area contributed by atoms with Gasteiger partial charge >= 0.3 is 5.97 Å². The monoisotopic (exact) mass is 466 g/mol. The first-order valence-corrected chi connectivity index (χ1v) is 12.4. The van der Waals surface area contributed by atoms with E-state index in [1.807, 2.05) is 12.1 Å². The highest BCUT2D eigenvalue weighted by atomic mass is 32.2. The highest BCUT2D eigenvalue weighted by Gasteiger charge is 2.39. The van der Waals surface area contributed by atoms with Gasteiger partial charge in [-0.1, -0.05) is 43.3 Å². The van der Waals surface area contributed by atoms with Crippen LogP contribution in [0.25, 0.3) is 22.2 Å². The topological polar surface area (TPSA) is 68.6 Å². The number of fused-ring (bicyclic) bond motifs is 5. The minimum Gasteiger partial charge on any atom is -0.343 e. The second-order valence-electron chi connectivity index (χ2n) is 8.00. The zero-order valence-corrected chi connectivity index (χ0v) is 19.4. The smallest absolute Gasteiger partial charge is 0.334 e. The average molecular weight is 467 g/mol. The van der Waals surface area contributed by atoms with E-state index in [0.717, 1.165) is 0 Å². The molecule has 32 heavy (non-hydrogen) atoms. The van der Waals surface area contributed by atoms with Crippen LogP contribution in [0, 0.1) is 5.92 Å². The predicted octanol–water partition coefficient (Wildman–Crippen LogP) is 4.93. The number of aromatic nitrogens is 1. The predicted molar refractivity (Wildman–Crippen MR) is 126 cm³/mol. The molecule has 0 bridgehead atoms. The van der Waals surface area contributed by atoms with Gasteiger partial charge in [-0.25, -0.2) is 4.79 Å². The molecule has 0 spiro atoms. The molecule has 2 aliphatic heterocycles. The van der Waals surface area contributed by atoms with Crippen molar-refractivity contribution in [1.82, 2.24) is 9.63 Å². The highest BCUT2D eigenvalue weighted by Crippen LogP contribution is 2.56. The van der Waals surface area contributed by atoms with Crippen molar-refractivity contribution in [1.29, 1.82) is 0 Å². The van der Waals surface area contributed by atoms with Gasteiger partial charge in [-0.15, -0.1) is 28.6 Å². The number of hydroxylamine groups is 2. The summed E-state index contributed by atoms with van der Waals surface area (Å²) in [5.74, 6) is -1.38. The van der Waals surface area contributed by atoms with E-state index in [9.17, 15) is 14.4 Å². The Labute approximate surface area is 194 Å². The van der Waals surface area contributed by atoms with Gasteiger partial charge in [0.2, 0.25) is 0 Å². The Hall–Kier alpha value is -2.71. The van der Waals surface area contributed by atoms with Crippen LogP contribution in [0.2, 0.25) is 0 Å². The number of hydrogen-bond donors (Lipinski definition) is 0. The third kappa shape index (κ3) is 3.51. The maximum atomic E-state index is 12.3. The fourth-order valence-corrected chi connectivity index (χ4v) is 7.10. The van der Waals surface area contributed by atoms with Crippen LogP contribution < -0.4 is 0 Å². The minimum absolute atomic E-state index is 0.0862. The molecule has 2 amide bonds. The zero-order valence-electron chi connectivity index (χ0n) is 17.7. The number of hydrogen-bond acceptors (Lipinski definition) is 6. The number of carbonyl (C=O) groups is 3. The number of aryl methyl sites for hydroxylation is 1. The standard InChI is InChI=1S/C24H22N2O4S2/c1-14-13-19(27)26(23(14)29)30-20(28)11-12-31-24-21-15-7-3-5-9-17(15)25(2)22(21)16-8-4-6-10-18(16)32-24/h3-10,14,24H,11-13H2,1-2H3. The van der Waals surface area contributed by atoms with Crippen LogP contribution >= 0.6 is 23.5 Å². The van der Waals surface area contributed by atoms with Crippen LogP contribution in [-0.2, 0) is 26.3 Å². The van der Waals surface area contributed by atoms with E-state index in [2.05, 4.69) is 48.0 Å². The molecule has 2 atom stereocenters. The van der Waals surface area contributed by atoms with Crippen molar-refractivity contribution < 1.29 is 19.2 Å². The molecule has 3 heterocycles. The van der Waals surface area contributed by atoms with Gasteiger partial charge in [-0.3, -0.25) is 9.59 Å². The Morgan fingerprint density at radius 2 is 1.91 bits per heavy atom. The van der Waals surface area contributed by atoms with Gasteiger partial charge in [0.15, 0.2) is 0 Å². The molecule has 1 saturated heterocycles. The number of imide groups is 1. The first-order valence-electron chi connectivity index (χ1n) is 10.5. The van der Waals surface area contributed by atoms with Crippen LogP contribution in [0.5, 0.6) is 0 Å². The molecule has 8 heteroatoms. The van der Waals surface area contributed by atoms with Crippen LogP contribution in [0.4, 0.5) is 0 Å². The van der Waals surface area contributed by atoms with Crippen molar-refractivity contribution in [2.75, 3.05) is 5.75 Å². The quantitative estimate of drug-likeness (QED) is 0.497. The lowest BCUT2D eigenvalue weighted by Gasteiger charge is -2.25. The number of benzene rings is 2. The first kappa shape index (κ1) is 21.2. The fraction of sp³-hybridized carbons (Fsp3) is 0.292. The summed E-state index contributed by atoms with van der Waals surface area (Å²) in [6.45, 7) is 1.66. The van der Waals surface area contributed by atoms with E-state index in [4.69, 9.17) is 4.84 Å². The first-order chi connectivity index (χ1) is 15.5. The second-order valence-corrected chi connectivity index (χ2v) is 10.7. The summed E-state index contributed by atoms with van der Waals surface area (Å²) in [6.07, 6.45) is 0.206. The molecule has 3 aromatic rings. The van der Waals surface area contributed by atoms with E-state index in [1.165, 1.54) is 32.6 Å². The number of carbonyl (C=O) groups excluding carboxylic acids is 3. The van der Waals surface area contributed by atoms with Gasteiger partial charge in [-0.2, -0.15) is 0 Å². The van der Waals surface area contributed by atoms with Crippen LogP contribution in [0.3, 0.4) is 0 Å². The normalized spacial score (nSPS) is 19.9. The maximum Gasteiger partial charge on any atom is 0.334 e. The molecule has 0 saturated carbocycles. The molecule has 0 radical (unpaired) electrons. The molecule has 2 aromatic carbocycles. The van der Waals surface area contributed by atoms with Crippen LogP contribution in [-0.4, -0.2) is 33.2 Å². The van der Waals surface area contributed by atoms with Crippen molar-refractivity contribution in [2.45, 2.75) is 29.2 Å². The molecular formula is C24H22N2O4S2. The summed E-state index contributed by atoms with van der Waals surface area (Å²) < 4.78 is 2.37. The van der Waals surface area contributed by atoms with Crippen molar-refractivity contribution in [3.05, 3.63) is 54.1 Å². The lowest BCUT2D eigenvalue weighted by Crippen LogP contribution is -2.33. The van der Waals surface area contributed by atoms with Crippen molar-refractivity contribution in [3.8, 4) is 11.3 Å². The molecule has 0 N–H and O–H groups in total. The van der Waals surface area contributed by atoms with Crippen molar-refractivity contribution in [3.63, 3.8) is 0 Å². The lowest BCUT2D eigenvalue weighted by atomic mass is 10.1. The Morgan fingerprint density at radius 3 is 2.69 bits per heavy atom. The molecule has 1 aromatic heterocycles. The summed E-state index contributed by atoms with van der Waals surface area (Å²) in [7, 11) is 2.10. The minimum atomic E-state index is -0.562. The van der Waals surface area contributed by atoms with E-state index >= 15 is 0 Å². The molecule has 1 fully saturated rings. The van der Waals surface area contributed by atoms with Crippen LogP contribution in [0.1, 0.15) is 29.9 Å². The SMILES string of the molecule is CC1CC(=O)N(OC(=O)CCSC2Sc3ccccc3-c3c2c2ccccc2n3C)C1=O. The number of thioether (sulfide) groups is 2. The number of amides is 2. The molecule has 0 aliphatic carbocycles. The lowest BCUT2D eigenvalue weighted by molar-refractivity contribution is -0.197. The molecular weight excluding hydrogens is 444 g/mol. The van der Waals surface area contributed by atoms with E-state index < -0.39 is 23.7 Å². The van der Waals surface area contributed by atoms with Gasteiger partial charge in [-0.05, 0) is 12.1 Å². The van der Waals surface area contributed by atoms with Gasteiger partial charge in [0.25, 0.3) is 11.8 Å². The molecule has 2 unspecified atom stereocenters. The molecule has 164 valence electrons. The van der Waals surface area contributed by atoms with Crippen molar-refractivity contribution >= 4 is 52.2 Å². The highest BCUT2D eigenvalue weighted by molar-refractivity contribution is 8.16. The molecule has 2 aliphatic rings. The summed E-state index contributed by atoms with van der Waals surface area (Å²) in [4.78, 5) is 42.4. The number of nitrogens with zero attached hydrogens (tertiary/aromatic N) is 2. The van der Waals surface area contributed by atoms with Gasteiger partial charge in [0.05, 0.1) is 16.7 Å². The van der Waals surface area contributed by atoms with Gasteiger partial charge < -0.3 is 9.40 Å². The van der Waals surface area contributed by atoms with Gasteiger partial charge in [0, 0.05) is 52.1 Å². The third-order valence-corrected chi connectivity index (χ3v) is 8.59. The Balaban J connectivity index is 1.35. The zero-order chi connectivity index (χ0) is 22.4. The summed E-state index contributed by atoms with van der Waals surface area (Å²) >= 11 is 3.47. The van der Waals surface area contributed by atoms with Gasteiger partial charge in [0.1, 0.15) is 0 Å². The summed E-state index contributed by atoms with van der Waals surface area (Å²) in [5.41, 5.74) is 4.88. The maximum absolute atomic E-state index is 12.3. The van der Waals surface area contributed by atoms with Crippen molar-refractivity contribution in [2.24, 2.45) is 13.0 Å². The second kappa shape index (κ2) is 8.33. The van der Waals surface area contributed by atoms with E-state index in [-0.39, 0.29) is 17.4 Å². The summed E-state index contributed by atoms with van der Waals surface area (Å²) in [5, 5.41) is 1.85. The summed E-state index contributed by atoms with van der Waals surface area (Å²) in [6, 6.07) is 16.8. The van der Waals surface area contributed by atoms with E-state index in [1.54, 1.807) is 30.4 Å². The third-order valence-electron chi connectivity index (χ3n) is 5.86. The average Bonchev–Trinajstić information content (AvgIpc) is 3.22. The Morgan fingerprint density at radius 1 is 1.16 bits per heavy atom. The Bertz CT molecular complexity index is 1250. The Kier molecular flexibility index (Phi) is 5.51.